The third-order valence-corrected chi connectivity index (χ3v) is 3.77. The smallest absolute Gasteiger partial charge is 0.416 e. The topological polar surface area (TPSA) is 128 Å². The monoisotopic (exact) mass is 451 g/mol. The van der Waals surface area contributed by atoms with Gasteiger partial charge in [-0.1, -0.05) is 30.3 Å². The summed E-state index contributed by atoms with van der Waals surface area (Å²) in [7, 11) is 0. The maximum Gasteiger partial charge on any atom is 0.416 e. The number of rotatable bonds is 7. The van der Waals surface area contributed by atoms with E-state index >= 15 is 0 Å². The lowest BCUT2D eigenvalue weighted by Gasteiger charge is -2.11. The summed E-state index contributed by atoms with van der Waals surface area (Å²) in [6.07, 6.45) is -3.50. The van der Waals surface area contributed by atoms with Gasteiger partial charge in [0.2, 0.25) is 5.91 Å². The van der Waals surface area contributed by atoms with Crippen LogP contribution >= 0.6 is 0 Å². The van der Waals surface area contributed by atoms with Crippen molar-refractivity contribution in [2.24, 2.45) is 0 Å². The first-order valence-electron chi connectivity index (χ1n) is 8.84. The van der Waals surface area contributed by atoms with Crippen LogP contribution in [0.3, 0.4) is 0 Å². The van der Waals surface area contributed by atoms with Crippen LogP contribution in [-0.2, 0) is 25.3 Å². The van der Waals surface area contributed by atoms with E-state index in [1.54, 1.807) is 30.3 Å². The summed E-state index contributed by atoms with van der Waals surface area (Å²) in [5.41, 5.74) is -2.47. The number of ether oxygens (including phenoxy) is 1. The lowest BCUT2D eigenvalue weighted by Crippen LogP contribution is -2.29. The van der Waals surface area contributed by atoms with Crippen molar-refractivity contribution in [3.63, 3.8) is 0 Å². The zero-order chi connectivity index (χ0) is 23.9. The minimum atomic E-state index is -4.81. The fourth-order valence-corrected chi connectivity index (χ4v) is 2.41. The first-order valence-corrected chi connectivity index (χ1v) is 8.84. The summed E-state index contributed by atoms with van der Waals surface area (Å²) >= 11 is 0. The Kier molecular flexibility index (Phi) is 7.66. The number of carbonyl (C=O) groups excluding carboxylic acids is 3. The summed E-state index contributed by atoms with van der Waals surface area (Å²) in [6.45, 7) is 0.241. The third-order valence-electron chi connectivity index (χ3n) is 3.77. The number of alkyl halides is 3. The molecule has 0 saturated carbocycles. The molecule has 0 atom stereocenters. The Morgan fingerprint density at radius 1 is 1.12 bits per heavy atom. The van der Waals surface area contributed by atoms with Crippen molar-refractivity contribution < 1.29 is 37.2 Å². The van der Waals surface area contributed by atoms with Crippen molar-refractivity contribution in [2.45, 2.75) is 13.1 Å². The maximum atomic E-state index is 12.8. The molecule has 12 heteroatoms. The Morgan fingerprint density at radius 3 is 2.34 bits per heavy atom. The molecule has 2 amide bonds. The molecule has 0 aliphatic rings. The maximum absolute atomic E-state index is 12.8. The molecule has 2 rings (SSSR count). The Bertz CT molecular complexity index is 1070. The minimum Gasteiger partial charge on any atom is -0.451 e. The number of benzene rings is 2. The number of carbonyl (C=O) groups is 3. The number of nitro benzene ring substituents is 1. The van der Waals surface area contributed by atoms with Gasteiger partial charge in [0, 0.05) is 13.0 Å². The molecule has 0 bridgehead atoms. The van der Waals surface area contributed by atoms with Gasteiger partial charge in [-0.15, -0.1) is 0 Å². The van der Waals surface area contributed by atoms with Gasteiger partial charge in [0.1, 0.15) is 11.4 Å². The van der Waals surface area contributed by atoms with Gasteiger partial charge < -0.3 is 15.4 Å². The SMILES string of the molecule is CC(=O)N/C(=C/c1ccccc1)C(=O)OCC(=O)Nc1ccc(C(F)(F)F)cc1[N+](=O)[O-]. The average molecular weight is 451 g/mol. The first kappa shape index (κ1) is 24.1. The second-order valence-corrected chi connectivity index (χ2v) is 6.26. The van der Waals surface area contributed by atoms with Crippen LogP contribution in [0.25, 0.3) is 6.08 Å². The van der Waals surface area contributed by atoms with Crippen LogP contribution in [0.5, 0.6) is 0 Å². The van der Waals surface area contributed by atoms with E-state index in [0.717, 1.165) is 13.0 Å². The Labute approximate surface area is 179 Å². The average Bonchev–Trinajstić information content (AvgIpc) is 2.71. The largest absolute Gasteiger partial charge is 0.451 e. The number of anilines is 1. The molecule has 0 heterocycles. The summed E-state index contributed by atoms with van der Waals surface area (Å²) < 4.78 is 43.1. The highest BCUT2D eigenvalue weighted by atomic mass is 19.4. The number of nitro groups is 1. The molecule has 0 aromatic heterocycles. The molecule has 0 spiro atoms. The molecule has 32 heavy (non-hydrogen) atoms. The lowest BCUT2D eigenvalue weighted by atomic mass is 10.1. The number of amides is 2. The van der Waals surface area contributed by atoms with Crippen molar-refractivity contribution in [1.82, 2.24) is 5.32 Å². The summed E-state index contributed by atoms with van der Waals surface area (Å²) in [4.78, 5) is 45.6. The highest BCUT2D eigenvalue weighted by Crippen LogP contribution is 2.34. The highest BCUT2D eigenvalue weighted by molar-refractivity contribution is 6.00. The summed E-state index contributed by atoms with van der Waals surface area (Å²) in [5, 5.41) is 15.4. The molecule has 0 radical (unpaired) electrons. The third kappa shape index (κ3) is 6.93. The first-order chi connectivity index (χ1) is 15.0. The molecular formula is C20H16F3N3O6. The standard InChI is InChI=1S/C20H16F3N3O6/c1-12(27)24-16(9-13-5-3-2-4-6-13)19(29)32-11-18(28)25-15-8-7-14(20(21,22)23)10-17(15)26(30)31/h2-10H,11H2,1H3,(H,24,27)(H,25,28)/b16-9+. The Balaban J connectivity index is 2.11. The van der Waals surface area contributed by atoms with Crippen LogP contribution in [0.2, 0.25) is 0 Å². The lowest BCUT2D eigenvalue weighted by molar-refractivity contribution is -0.384. The van der Waals surface area contributed by atoms with Gasteiger partial charge in [0.15, 0.2) is 6.61 Å². The van der Waals surface area contributed by atoms with E-state index in [4.69, 9.17) is 4.74 Å². The molecule has 0 unspecified atom stereocenters. The molecule has 2 N–H and O–H groups in total. The molecule has 0 aliphatic heterocycles. The van der Waals surface area contributed by atoms with Crippen molar-refractivity contribution in [1.29, 1.82) is 0 Å². The van der Waals surface area contributed by atoms with Crippen LogP contribution in [0.15, 0.2) is 54.2 Å². The Hall–Kier alpha value is -4.22. The zero-order valence-electron chi connectivity index (χ0n) is 16.4. The van der Waals surface area contributed by atoms with Gasteiger partial charge in [-0.2, -0.15) is 13.2 Å². The van der Waals surface area contributed by atoms with Crippen molar-refractivity contribution in [2.75, 3.05) is 11.9 Å². The number of hydrogen-bond acceptors (Lipinski definition) is 6. The van der Waals surface area contributed by atoms with E-state index in [2.05, 4.69) is 5.32 Å². The number of nitrogens with zero attached hydrogens (tertiary/aromatic N) is 1. The van der Waals surface area contributed by atoms with Crippen molar-refractivity contribution in [3.8, 4) is 0 Å². The summed E-state index contributed by atoms with van der Waals surface area (Å²) in [5.74, 6) is -2.68. The second kappa shape index (κ2) is 10.2. The molecule has 0 fully saturated rings. The van der Waals surface area contributed by atoms with Crippen molar-refractivity contribution in [3.05, 3.63) is 75.5 Å². The van der Waals surface area contributed by atoms with Gasteiger partial charge in [-0.25, -0.2) is 4.79 Å². The van der Waals surface area contributed by atoms with Gasteiger partial charge in [0.05, 0.1) is 10.5 Å². The quantitative estimate of drug-likeness (QED) is 0.288. The highest BCUT2D eigenvalue weighted by Gasteiger charge is 2.33. The van der Waals surface area contributed by atoms with E-state index in [-0.39, 0.29) is 11.8 Å². The van der Waals surface area contributed by atoms with Crippen LogP contribution in [0.1, 0.15) is 18.1 Å². The van der Waals surface area contributed by atoms with Gasteiger partial charge in [0.25, 0.3) is 11.6 Å². The van der Waals surface area contributed by atoms with Crippen LogP contribution < -0.4 is 10.6 Å². The molecular weight excluding hydrogens is 435 g/mol. The van der Waals surface area contributed by atoms with E-state index in [1.807, 2.05) is 5.32 Å². The minimum absolute atomic E-state index is 0.267. The second-order valence-electron chi connectivity index (χ2n) is 6.26. The molecule has 2 aromatic rings. The fourth-order valence-electron chi connectivity index (χ4n) is 2.41. The van der Waals surface area contributed by atoms with E-state index in [1.165, 1.54) is 6.08 Å². The Morgan fingerprint density at radius 2 is 1.78 bits per heavy atom. The normalized spacial score (nSPS) is 11.4. The predicted octanol–water partition coefficient (Wildman–Crippen LogP) is 3.27. The van der Waals surface area contributed by atoms with Crippen LogP contribution in [0.4, 0.5) is 24.5 Å². The number of nitrogens with one attached hydrogen (secondary N) is 2. The van der Waals surface area contributed by atoms with Gasteiger partial charge in [-0.05, 0) is 23.8 Å². The summed E-state index contributed by atoms with van der Waals surface area (Å²) in [6, 6.07) is 9.96. The molecule has 9 nitrogen and oxygen atoms in total. The predicted molar refractivity (Wildman–Crippen MR) is 106 cm³/mol. The number of hydrogen-bond donors (Lipinski definition) is 2. The number of halogens is 3. The zero-order valence-corrected chi connectivity index (χ0v) is 16.4. The molecule has 0 saturated heterocycles. The van der Waals surface area contributed by atoms with E-state index in [0.29, 0.717) is 11.6 Å². The molecule has 168 valence electrons. The van der Waals surface area contributed by atoms with Gasteiger partial charge in [-0.3, -0.25) is 19.7 Å². The molecule has 2 aromatic carbocycles. The number of esters is 1. The van der Waals surface area contributed by atoms with E-state index < -0.39 is 52.4 Å². The van der Waals surface area contributed by atoms with Gasteiger partial charge >= 0.3 is 12.1 Å². The fraction of sp³-hybridized carbons (Fsp3) is 0.150. The van der Waals surface area contributed by atoms with Crippen LogP contribution in [0, 0.1) is 10.1 Å². The van der Waals surface area contributed by atoms with E-state index in [9.17, 15) is 37.7 Å². The molecule has 0 aliphatic carbocycles. The van der Waals surface area contributed by atoms with Crippen molar-refractivity contribution >= 4 is 35.2 Å². The van der Waals surface area contributed by atoms with Crippen LogP contribution in [-0.4, -0.2) is 29.3 Å².